The number of esters is 1. The Bertz CT molecular complexity index is 2070. The van der Waals surface area contributed by atoms with Gasteiger partial charge in [0.05, 0.1) is 42.2 Å². The number of ether oxygens (including phenoxy) is 3. The van der Waals surface area contributed by atoms with E-state index in [2.05, 4.69) is 10.6 Å². The molecule has 234 valence electrons. The van der Waals surface area contributed by atoms with E-state index < -0.39 is 12.0 Å². The molecule has 4 heterocycles. The molecule has 9 nitrogen and oxygen atoms in total. The highest BCUT2D eigenvalue weighted by Crippen LogP contribution is 2.39. The summed E-state index contributed by atoms with van der Waals surface area (Å²) in [5.74, 6) is 0.550. The largest absolute Gasteiger partial charge is 0.497 e. The maximum absolute atomic E-state index is 14.4. The second kappa shape index (κ2) is 12.9. The van der Waals surface area contributed by atoms with Gasteiger partial charge in [-0.1, -0.05) is 24.7 Å². The Hall–Kier alpha value is -4.40. The van der Waals surface area contributed by atoms with E-state index in [9.17, 15) is 14.9 Å². The standard InChI is InChI=1S/C34H36N4O5S2/c1-9-11-26-29(33(40)43-10-2)30(24-16-23(41-7)12-13-27(24)42-8)38-31(39)28(45-34(38)36-26)15-22-14-18(3)37(20(22)5)32-25(17-35)19(4)21(6)44-32/h12-16,30H,9-11H2,1-8H3/b28-15-/t30-/m0/s1. The number of nitriles is 1. The highest BCUT2D eigenvalue weighted by Gasteiger charge is 2.36. The molecular formula is C34H36N4O5S2. The van der Waals surface area contributed by atoms with Crippen LogP contribution in [0.15, 0.2) is 45.3 Å². The second-order valence-corrected chi connectivity index (χ2v) is 13.0. The predicted octanol–water partition coefficient (Wildman–Crippen LogP) is 5.55. The van der Waals surface area contributed by atoms with E-state index in [0.29, 0.717) is 49.7 Å². The van der Waals surface area contributed by atoms with Crippen LogP contribution in [0.25, 0.3) is 11.1 Å². The molecule has 4 aromatic rings. The Morgan fingerprint density at radius 3 is 2.51 bits per heavy atom. The van der Waals surface area contributed by atoms with E-state index in [1.165, 1.54) is 11.3 Å². The number of hydrogen-bond acceptors (Lipinski definition) is 9. The van der Waals surface area contributed by atoms with E-state index in [1.54, 1.807) is 55.2 Å². The summed E-state index contributed by atoms with van der Waals surface area (Å²) in [6.07, 6.45) is 3.15. The number of thiazole rings is 1. The van der Waals surface area contributed by atoms with E-state index in [4.69, 9.17) is 19.2 Å². The van der Waals surface area contributed by atoms with Crippen molar-refractivity contribution < 1.29 is 19.0 Å². The first-order valence-corrected chi connectivity index (χ1v) is 16.4. The first-order valence-electron chi connectivity index (χ1n) is 14.7. The van der Waals surface area contributed by atoms with Gasteiger partial charge in [-0.2, -0.15) is 5.26 Å². The van der Waals surface area contributed by atoms with Gasteiger partial charge in [0.1, 0.15) is 28.6 Å². The Labute approximate surface area is 270 Å². The van der Waals surface area contributed by atoms with Crippen LogP contribution in [-0.2, 0) is 9.53 Å². The zero-order chi connectivity index (χ0) is 32.6. The van der Waals surface area contributed by atoms with E-state index in [1.807, 2.05) is 46.8 Å². The maximum Gasteiger partial charge on any atom is 0.338 e. The molecule has 0 spiro atoms. The summed E-state index contributed by atoms with van der Waals surface area (Å²) < 4.78 is 20.9. The first-order chi connectivity index (χ1) is 21.6. The smallest absolute Gasteiger partial charge is 0.338 e. The minimum atomic E-state index is -0.836. The number of thiophene rings is 1. The van der Waals surface area contributed by atoms with Crippen molar-refractivity contribution in [2.45, 2.75) is 60.4 Å². The summed E-state index contributed by atoms with van der Waals surface area (Å²) in [4.78, 5) is 34.4. The third-order valence-corrected chi connectivity index (χ3v) is 10.2. The lowest BCUT2D eigenvalue weighted by atomic mass is 9.93. The minimum Gasteiger partial charge on any atom is -0.497 e. The van der Waals surface area contributed by atoms with Gasteiger partial charge in [0.15, 0.2) is 4.80 Å². The molecule has 1 aliphatic heterocycles. The summed E-state index contributed by atoms with van der Waals surface area (Å²) >= 11 is 2.86. The number of carbonyl (C=O) groups excluding carboxylic acids is 1. The molecule has 1 aliphatic rings. The molecule has 1 atom stereocenters. The zero-order valence-electron chi connectivity index (χ0n) is 26.7. The predicted molar refractivity (Wildman–Crippen MR) is 176 cm³/mol. The van der Waals surface area contributed by atoms with Crippen molar-refractivity contribution in [2.75, 3.05) is 20.8 Å². The SMILES string of the molecule is CCCC1=C(C(=O)OCC)[C@H](c2cc(OC)ccc2OC)n2c(s/c(=C\c3cc(C)n(-c4sc(C)c(C)c4C#N)c3C)c2=O)=N1. The van der Waals surface area contributed by atoms with Gasteiger partial charge in [-0.15, -0.1) is 11.3 Å². The van der Waals surface area contributed by atoms with Crippen molar-refractivity contribution in [1.82, 2.24) is 9.13 Å². The van der Waals surface area contributed by atoms with Crippen LogP contribution in [0, 0.1) is 39.0 Å². The van der Waals surface area contributed by atoms with Crippen molar-refractivity contribution in [3.8, 4) is 22.6 Å². The molecule has 0 saturated heterocycles. The van der Waals surface area contributed by atoms with Crippen LogP contribution in [0.1, 0.15) is 71.2 Å². The van der Waals surface area contributed by atoms with Gasteiger partial charge < -0.3 is 18.8 Å². The Kier molecular flexibility index (Phi) is 9.18. The van der Waals surface area contributed by atoms with Crippen LogP contribution in [0.3, 0.4) is 0 Å². The van der Waals surface area contributed by atoms with Crippen LogP contribution in [0.4, 0.5) is 0 Å². The summed E-state index contributed by atoms with van der Waals surface area (Å²) in [5, 5.41) is 10.8. The van der Waals surface area contributed by atoms with Gasteiger partial charge in [0, 0.05) is 21.8 Å². The fraction of sp³-hybridized carbons (Fsp3) is 0.353. The number of fused-ring (bicyclic) bond motifs is 1. The number of aryl methyl sites for hydroxylation is 2. The number of methoxy groups -OCH3 is 2. The van der Waals surface area contributed by atoms with Crippen LogP contribution < -0.4 is 24.4 Å². The molecule has 0 saturated carbocycles. The van der Waals surface area contributed by atoms with Gasteiger partial charge in [-0.05, 0) is 82.5 Å². The van der Waals surface area contributed by atoms with Crippen LogP contribution >= 0.6 is 22.7 Å². The van der Waals surface area contributed by atoms with Crippen molar-refractivity contribution >= 4 is 34.7 Å². The summed E-state index contributed by atoms with van der Waals surface area (Å²) in [7, 11) is 3.12. The topological polar surface area (TPSA) is 108 Å². The fourth-order valence-corrected chi connectivity index (χ4v) is 7.98. The molecule has 3 aromatic heterocycles. The van der Waals surface area contributed by atoms with Crippen molar-refractivity contribution in [3.05, 3.63) is 93.7 Å². The Balaban J connectivity index is 1.78. The quantitative estimate of drug-likeness (QED) is 0.221. The molecule has 0 N–H and O–H groups in total. The van der Waals surface area contributed by atoms with Gasteiger partial charge in [0.2, 0.25) is 0 Å². The number of hydrogen-bond donors (Lipinski definition) is 0. The molecule has 0 bridgehead atoms. The molecule has 0 fully saturated rings. The lowest BCUT2D eigenvalue weighted by molar-refractivity contribution is -0.139. The number of benzene rings is 1. The number of allylic oxidation sites excluding steroid dienone is 1. The molecular weight excluding hydrogens is 609 g/mol. The zero-order valence-corrected chi connectivity index (χ0v) is 28.4. The Morgan fingerprint density at radius 1 is 1.11 bits per heavy atom. The van der Waals surface area contributed by atoms with Crippen molar-refractivity contribution in [2.24, 2.45) is 4.99 Å². The van der Waals surface area contributed by atoms with E-state index in [-0.39, 0.29) is 12.2 Å². The lowest BCUT2D eigenvalue weighted by Gasteiger charge is -2.27. The fourth-order valence-electron chi connectivity index (χ4n) is 5.75. The van der Waals surface area contributed by atoms with Gasteiger partial charge >= 0.3 is 5.97 Å². The van der Waals surface area contributed by atoms with E-state index >= 15 is 0 Å². The first kappa shape index (κ1) is 32.0. The molecule has 0 amide bonds. The van der Waals surface area contributed by atoms with Crippen molar-refractivity contribution in [1.29, 1.82) is 5.26 Å². The van der Waals surface area contributed by atoms with Gasteiger partial charge in [-0.3, -0.25) is 9.36 Å². The molecule has 0 unspecified atom stereocenters. The summed E-state index contributed by atoms with van der Waals surface area (Å²) in [5.41, 5.74) is 5.59. The van der Waals surface area contributed by atoms with Crippen LogP contribution in [-0.4, -0.2) is 35.9 Å². The third kappa shape index (κ3) is 5.53. The molecule has 1 aromatic carbocycles. The Morgan fingerprint density at radius 2 is 1.87 bits per heavy atom. The minimum absolute atomic E-state index is 0.181. The van der Waals surface area contributed by atoms with Crippen molar-refractivity contribution in [3.63, 3.8) is 0 Å². The normalized spacial score (nSPS) is 14.6. The molecule has 0 aliphatic carbocycles. The van der Waals surface area contributed by atoms with Crippen LogP contribution in [0.5, 0.6) is 11.5 Å². The lowest BCUT2D eigenvalue weighted by Crippen LogP contribution is -2.40. The second-order valence-electron chi connectivity index (χ2n) is 10.8. The monoisotopic (exact) mass is 644 g/mol. The highest BCUT2D eigenvalue weighted by molar-refractivity contribution is 7.15. The summed E-state index contributed by atoms with van der Waals surface area (Å²) in [6.45, 7) is 11.9. The number of rotatable bonds is 9. The third-order valence-electron chi connectivity index (χ3n) is 8.06. The number of aromatic nitrogens is 2. The van der Waals surface area contributed by atoms with E-state index in [0.717, 1.165) is 38.8 Å². The van der Waals surface area contributed by atoms with Crippen LogP contribution in [0.2, 0.25) is 0 Å². The number of nitrogens with zero attached hydrogens (tertiary/aromatic N) is 4. The highest BCUT2D eigenvalue weighted by atomic mass is 32.1. The van der Waals surface area contributed by atoms with Gasteiger partial charge in [0.25, 0.3) is 5.56 Å². The molecule has 11 heteroatoms. The molecule has 5 rings (SSSR count). The number of carbonyl (C=O) groups is 1. The maximum atomic E-state index is 14.4. The molecule has 0 radical (unpaired) electrons. The van der Waals surface area contributed by atoms with Gasteiger partial charge in [-0.25, -0.2) is 9.79 Å². The molecule has 45 heavy (non-hydrogen) atoms. The summed E-state index contributed by atoms with van der Waals surface area (Å²) in [6, 6.07) is 8.89. The average molecular weight is 645 g/mol. The average Bonchev–Trinajstić information content (AvgIpc) is 3.59.